The Balaban J connectivity index is 2.52. The fraction of sp³-hybridized carbons (Fsp3) is 0.500. The Bertz CT molecular complexity index is 373. The van der Waals surface area contributed by atoms with Crippen molar-refractivity contribution < 1.29 is 14.7 Å². The second-order valence-corrected chi connectivity index (χ2v) is 3.81. The van der Waals surface area contributed by atoms with E-state index in [-0.39, 0.29) is 6.61 Å². The van der Waals surface area contributed by atoms with Crippen molar-refractivity contribution in [3.8, 4) is 0 Å². The van der Waals surface area contributed by atoms with Crippen LogP contribution in [0.2, 0.25) is 0 Å². The summed E-state index contributed by atoms with van der Waals surface area (Å²) in [5.74, 6) is -1.70. The predicted molar refractivity (Wildman–Crippen MR) is 53.7 cm³/mol. The molecule has 8 heteroatoms. The van der Waals surface area contributed by atoms with E-state index in [4.69, 9.17) is 5.11 Å². The van der Waals surface area contributed by atoms with E-state index >= 15 is 0 Å². The van der Waals surface area contributed by atoms with Crippen LogP contribution in [0.15, 0.2) is 12.7 Å². The summed E-state index contributed by atoms with van der Waals surface area (Å²) in [4.78, 5) is 22.7. The van der Waals surface area contributed by atoms with E-state index in [0.29, 0.717) is 0 Å². The number of aromatic nitrogens is 3. The normalized spacial score (nSPS) is 10.9. The molecule has 1 aromatic rings. The molecular formula is C8H13N5O3. The lowest BCUT2D eigenvalue weighted by Gasteiger charge is -2.22. The van der Waals surface area contributed by atoms with Gasteiger partial charge in [-0.05, 0) is 13.8 Å². The van der Waals surface area contributed by atoms with Crippen LogP contribution in [0.3, 0.4) is 0 Å². The van der Waals surface area contributed by atoms with Gasteiger partial charge in [0.2, 0.25) is 0 Å². The standard InChI is InChI=1S/C8H13N5O3/c1-8(2,3-14)11-6(15)7(16)12-13-4-9-10-5-13/h4-5,14H,3H2,1-2H3,(H,11,15)(H,12,16). The molecule has 0 aliphatic heterocycles. The molecule has 0 aliphatic carbocycles. The largest absolute Gasteiger partial charge is 0.394 e. The number of aliphatic hydroxyl groups excluding tert-OH is 1. The van der Waals surface area contributed by atoms with Crippen LogP contribution in [-0.4, -0.2) is 43.9 Å². The number of hydrogen-bond donors (Lipinski definition) is 3. The van der Waals surface area contributed by atoms with Crippen LogP contribution >= 0.6 is 0 Å². The van der Waals surface area contributed by atoms with Crippen molar-refractivity contribution in [1.29, 1.82) is 0 Å². The molecule has 1 aromatic heterocycles. The first-order valence-electron chi connectivity index (χ1n) is 4.53. The molecular weight excluding hydrogens is 214 g/mol. The van der Waals surface area contributed by atoms with Gasteiger partial charge in [0.15, 0.2) is 0 Å². The Morgan fingerprint density at radius 3 is 2.38 bits per heavy atom. The van der Waals surface area contributed by atoms with E-state index in [1.165, 1.54) is 12.7 Å². The SMILES string of the molecule is CC(C)(CO)NC(=O)C(=O)Nn1cnnc1. The Kier molecular flexibility index (Phi) is 3.56. The van der Waals surface area contributed by atoms with Crippen molar-refractivity contribution in [2.75, 3.05) is 12.0 Å². The molecule has 0 unspecified atom stereocenters. The van der Waals surface area contributed by atoms with Crippen LogP contribution in [0.5, 0.6) is 0 Å². The minimum Gasteiger partial charge on any atom is -0.394 e. The Morgan fingerprint density at radius 2 is 1.88 bits per heavy atom. The molecule has 0 spiro atoms. The van der Waals surface area contributed by atoms with Crippen LogP contribution < -0.4 is 10.7 Å². The number of carbonyl (C=O) groups is 2. The first-order chi connectivity index (χ1) is 7.44. The van der Waals surface area contributed by atoms with Crippen molar-refractivity contribution in [2.24, 2.45) is 0 Å². The zero-order valence-electron chi connectivity index (χ0n) is 8.97. The molecule has 0 bridgehead atoms. The predicted octanol–water partition coefficient (Wildman–Crippen LogP) is -1.76. The van der Waals surface area contributed by atoms with Crippen LogP contribution in [0.25, 0.3) is 0 Å². The van der Waals surface area contributed by atoms with Crippen LogP contribution in [0.1, 0.15) is 13.8 Å². The third kappa shape index (κ3) is 3.31. The molecule has 0 radical (unpaired) electrons. The third-order valence-electron chi connectivity index (χ3n) is 1.70. The van der Waals surface area contributed by atoms with Gasteiger partial charge in [0.1, 0.15) is 12.7 Å². The third-order valence-corrected chi connectivity index (χ3v) is 1.70. The van der Waals surface area contributed by atoms with Crippen LogP contribution in [0, 0.1) is 0 Å². The lowest BCUT2D eigenvalue weighted by molar-refractivity contribution is -0.138. The number of amides is 2. The molecule has 0 aromatic carbocycles. The van der Waals surface area contributed by atoms with Crippen molar-refractivity contribution in [1.82, 2.24) is 20.2 Å². The van der Waals surface area contributed by atoms with E-state index in [9.17, 15) is 9.59 Å². The Labute approximate surface area is 91.6 Å². The Hall–Kier alpha value is -1.96. The van der Waals surface area contributed by atoms with E-state index in [2.05, 4.69) is 20.9 Å². The van der Waals surface area contributed by atoms with E-state index < -0.39 is 17.4 Å². The highest BCUT2D eigenvalue weighted by atomic mass is 16.3. The molecule has 0 saturated heterocycles. The molecule has 1 heterocycles. The molecule has 8 nitrogen and oxygen atoms in total. The second-order valence-electron chi connectivity index (χ2n) is 3.81. The maximum Gasteiger partial charge on any atom is 0.328 e. The van der Waals surface area contributed by atoms with Crippen LogP contribution in [0.4, 0.5) is 0 Å². The molecule has 88 valence electrons. The number of carbonyl (C=O) groups excluding carboxylic acids is 2. The zero-order chi connectivity index (χ0) is 12.2. The number of aliphatic hydroxyl groups is 1. The van der Waals surface area contributed by atoms with Gasteiger partial charge in [-0.2, -0.15) is 0 Å². The molecule has 2 amide bonds. The summed E-state index contributed by atoms with van der Waals surface area (Å²) in [6.07, 6.45) is 2.48. The first kappa shape index (κ1) is 12.1. The van der Waals surface area contributed by atoms with Gasteiger partial charge >= 0.3 is 11.8 Å². The number of nitrogens with one attached hydrogen (secondary N) is 2. The van der Waals surface area contributed by atoms with Gasteiger partial charge in [0.05, 0.1) is 12.1 Å². The summed E-state index contributed by atoms with van der Waals surface area (Å²) >= 11 is 0. The average Bonchev–Trinajstić information content (AvgIpc) is 2.69. The molecule has 3 N–H and O–H groups in total. The van der Waals surface area contributed by atoms with Crippen molar-refractivity contribution in [2.45, 2.75) is 19.4 Å². The van der Waals surface area contributed by atoms with Gasteiger partial charge in [-0.25, -0.2) is 4.68 Å². The number of rotatable bonds is 3. The van der Waals surface area contributed by atoms with E-state index in [1.54, 1.807) is 13.8 Å². The smallest absolute Gasteiger partial charge is 0.328 e. The molecule has 0 aliphatic rings. The number of hydrogen-bond acceptors (Lipinski definition) is 5. The molecule has 16 heavy (non-hydrogen) atoms. The highest BCUT2D eigenvalue weighted by Gasteiger charge is 2.23. The molecule has 0 fully saturated rings. The fourth-order valence-electron chi connectivity index (χ4n) is 0.830. The lowest BCUT2D eigenvalue weighted by atomic mass is 10.1. The topological polar surface area (TPSA) is 109 Å². The zero-order valence-corrected chi connectivity index (χ0v) is 8.97. The maximum atomic E-state index is 11.4. The monoisotopic (exact) mass is 227 g/mol. The summed E-state index contributed by atoms with van der Waals surface area (Å²) in [7, 11) is 0. The van der Waals surface area contributed by atoms with Crippen molar-refractivity contribution in [3.05, 3.63) is 12.7 Å². The quantitative estimate of drug-likeness (QED) is 0.530. The molecule has 0 atom stereocenters. The summed E-state index contributed by atoms with van der Waals surface area (Å²) < 4.78 is 1.15. The number of nitrogens with zero attached hydrogens (tertiary/aromatic N) is 3. The highest BCUT2D eigenvalue weighted by molar-refractivity contribution is 6.38. The van der Waals surface area contributed by atoms with Crippen molar-refractivity contribution in [3.63, 3.8) is 0 Å². The van der Waals surface area contributed by atoms with Gasteiger partial charge in [0.25, 0.3) is 0 Å². The summed E-state index contributed by atoms with van der Waals surface area (Å²) in [6.45, 7) is 2.92. The van der Waals surface area contributed by atoms with Gasteiger partial charge in [-0.1, -0.05) is 0 Å². The maximum absolute atomic E-state index is 11.4. The minimum absolute atomic E-state index is 0.265. The van der Waals surface area contributed by atoms with Crippen LogP contribution in [-0.2, 0) is 9.59 Å². The minimum atomic E-state index is -0.860. The second kappa shape index (κ2) is 4.71. The average molecular weight is 227 g/mol. The molecule has 0 saturated carbocycles. The van der Waals surface area contributed by atoms with Gasteiger partial charge in [0, 0.05) is 0 Å². The van der Waals surface area contributed by atoms with E-state index in [1.807, 2.05) is 0 Å². The van der Waals surface area contributed by atoms with Gasteiger partial charge in [-0.3, -0.25) is 15.0 Å². The molecule has 1 rings (SSSR count). The van der Waals surface area contributed by atoms with Crippen molar-refractivity contribution >= 4 is 11.8 Å². The van der Waals surface area contributed by atoms with Gasteiger partial charge < -0.3 is 10.4 Å². The van der Waals surface area contributed by atoms with E-state index in [0.717, 1.165) is 4.68 Å². The summed E-state index contributed by atoms with van der Waals surface area (Å²) in [5.41, 5.74) is 1.38. The summed E-state index contributed by atoms with van der Waals surface area (Å²) in [6, 6.07) is 0. The van der Waals surface area contributed by atoms with Gasteiger partial charge in [-0.15, -0.1) is 10.2 Å². The lowest BCUT2D eigenvalue weighted by Crippen LogP contribution is -2.51. The first-order valence-corrected chi connectivity index (χ1v) is 4.53. The fourth-order valence-corrected chi connectivity index (χ4v) is 0.830. The Morgan fingerprint density at radius 1 is 1.31 bits per heavy atom. The highest BCUT2D eigenvalue weighted by Crippen LogP contribution is 1.98. The summed E-state index contributed by atoms with van der Waals surface area (Å²) in [5, 5.41) is 18.2.